The number of thiocarbonyl (C=S) groups is 2. The maximum absolute atomic E-state index is 9.44. The molecule has 0 bridgehead atoms. The number of ketones is 2. The van der Waals surface area contributed by atoms with Gasteiger partial charge in [0.1, 0.15) is 11.6 Å². The van der Waals surface area contributed by atoms with Crippen LogP contribution in [-0.2, 0) is 27.0 Å². The fourth-order valence-electron chi connectivity index (χ4n) is 0. The molecule has 84 valence electrons. The molecule has 0 radical (unpaired) electrons. The van der Waals surface area contributed by atoms with Crippen LogP contribution in [-0.4, -0.2) is 21.9 Å². The summed E-state index contributed by atoms with van der Waals surface area (Å²) in [6, 6.07) is 0. The minimum absolute atomic E-state index is 0. The molecule has 0 N–H and O–H groups in total. The standard InChI is InChI=1S/2C3H6O.2CNS.Cr/c2*1-3(2)4;2*2-1-3;/h2*1-2H3;;;/q;;2*-1;+2. The van der Waals surface area contributed by atoms with Gasteiger partial charge < -0.3 is 20.4 Å². The Hall–Kier alpha value is -0.528. The van der Waals surface area contributed by atoms with Gasteiger partial charge in [-0.1, -0.05) is 24.4 Å². The van der Waals surface area contributed by atoms with Crippen LogP contribution in [0.25, 0.3) is 10.8 Å². The first-order chi connectivity index (χ1) is 6.29. The Morgan fingerprint density at radius 1 is 0.867 bits per heavy atom. The van der Waals surface area contributed by atoms with Crippen molar-refractivity contribution in [1.29, 1.82) is 0 Å². The molecular weight excluding hydrogens is 272 g/mol. The van der Waals surface area contributed by atoms with E-state index in [1.807, 2.05) is 0 Å². The molecule has 15 heavy (non-hydrogen) atoms. The molecule has 0 aromatic rings. The quantitative estimate of drug-likeness (QED) is 0.505. The molecule has 0 heterocycles. The topological polar surface area (TPSA) is 78.7 Å². The Bertz CT molecular complexity index is 189. The van der Waals surface area contributed by atoms with E-state index in [0.29, 0.717) is 0 Å². The van der Waals surface area contributed by atoms with Crippen molar-refractivity contribution in [2.45, 2.75) is 27.7 Å². The van der Waals surface area contributed by atoms with Crippen molar-refractivity contribution in [3.63, 3.8) is 0 Å². The van der Waals surface area contributed by atoms with Crippen LogP contribution >= 0.6 is 24.4 Å². The van der Waals surface area contributed by atoms with Crippen LogP contribution < -0.4 is 0 Å². The van der Waals surface area contributed by atoms with Crippen LogP contribution in [0.2, 0.25) is 0 Å². The number of carbonyl (C=O) groups excluding carboxylic acids is 2. The van der Waals surface area contributed by atoms with Crippen LogP contribution in [0.3, 0.4) is 0 Å². The second-order valence-corrected chi connectivity index (χ2v) is 2.36. The van der Waals surface area contributed by atoms with E-state index >= 15 is 0 Å². The first-order valence-electron chi connectivity index (χ1n) is 3.26. The maximum Gasteiger partial charge on any atom is 2.00 e. The fraction of sp³-hybridized carbons (Fsp3) is 0.500. The Morgan fingerprint density at radius 2 is 0.867 bits per heavy atom. The largest absolute Gasteiger partial charge is 2.00 e. The molecule has 0 aromatic carbocycles. The molecule has 0 spiro atoms. The Labute approximate surface area is 112 Å². The Morgan fingerprint density at radius 3 is 0.867 bits per heavy atom. The summed E-state index contributed by atoms with van der Waals surface area (Å²) in [5, 5.41) is 16.9. The van der Waals surface area contributed by atoms with E-state index in [1.54, 1.807) is 0 Å². The Kier molecular flexibility index (Phi) is 73.3. The predicted molar refractivity (Wildman–Crippen MR) is 64.6 cm³/mol. The minimum Gasteiger partial charge on any atom is -0.753 e. The maximum atomic E-state index is 9.44. The van der Waals surface area contributed by atoms with Crippen molar-refractivity contribution < 1.29 is 27.0 Å². The second kappa shape index (κ2) is 37.5. The van der Waals surface area contributed by atoms with E-state index in [-0.39, 0.29) is 28.9 Å². The minimum atomic E-state index is 0. The van der Waals surface area contributed by atoms with Gasteiger partial charge in [-0.05, 0) is 27.7 Å². The van der Waals surface area contributed by atoms with Gasteiger partial charge in [0.2, 0.25) is 0 Å². The molecule has 0 atom stereocenters. The molecule has 0 aliphatic rings. The molecule has 0 aliphatic heterocycles. The third kappa shape index (κ3) is 6370. The van der Waals surface area contributed by atoms with E-state index in [2.05, 4.69) is 24.4 Å². The summed E-state index contributed by atoms with van der Waals surface area (Å²) in [5.74, 6) is 0.333. The molecule has 0 fully saturated rings. The summed E-state index contributed by atoms with van der Waals surface area (Å²) in [7, 11) is 0. The summed E-state index contributed by atoms with van der Waals surface area (Å²) >= 11 is 7.40. The van der Waals surface area contributed by atoms with E-state index < -0.39 is 0 Å². The van der Waals surface area contributed by atoms with Crippen molar-refractivity contribution in [3.8, 4) is 0 Å². The first-order valence-corrected chi connectivity index (χ1v) is 4.08. The van der Waals surface area contributed by atoms with Crippen molar-refractivity contribution >= 4 is 46.3 Å². The van der Waals surface area contributed by atoms with Gasteiger partial charge in [-0.25, -0.2) is 0 Å². The SMILES string of the molecule is CC(C)=O.CC(C)=O.[Cr+2].[N-]=C=S.[N-]=C=S. The summed E-state index contributed by atoms with van der Waals surface area (Å²) in [6.45, 7) is 6.11. The van der Waals surface area contributed by atoms with Crippen molar-refractivity contribution in [2.75, 3.05) is 0 Å². The van der Waals surface area contributed by atoms with Gasteiger partial charge in [0.25, 0.3) is 0 Å². The van der Waals surface area contributed by atoms with E-state index in [0.717, 1.165) is 0 Å². The average molecular weight is 284 g/mol. The number of nitrogens with zero attached hydrogens (tertiary/aromatic N) is 2. The summed E-state index contributed by atoms with van der Waals surface area (Å²) < 4.78 is 0. The monoisotopic (exact) mass is 284 g/mol. The van der Waals surface area contributed by atoms with E-state index in [9.17, 15) is 9.59 Å². The zero-order valence-corrected chi connectivity index (χ0v) is 11.8. The number of hydrogen-bond acceptors (Lipinski definition) is 4. The molecule has 0 rings (SSSR count). The number of hydrogen-bond donors (Lipinski definition) is 0. The molecule has 0 saturated heterocycles. The van der Waals surface area contributed by atoms with E-state index in [1.165, 1.54) is 38.0 Å². The zero-order valence-electron chi connectivity index (χ0n) is 8.94. The molecular formula is C8H12CrN2O2S2. The summed E-state index contributed by atoms with van der Waals surface area (Å²) in [5.41, 5.74) is 0. The normalized spacial score (nSPS) is 4.53. The molecule has 0 unspecified atom stereocenters. The molecule has 0 aliphatic carbocycles. The van der Waals surface area contributed by atoms with Gasteiger partial charge >= 0.3 is 17.4 Å². The van der Waals surface area contributed by atoms with Gasteiger partial charge in [0, 0.05) is 0 Å². The summed E-state index contributed by atoms with van der Waals surface area (Å²) in [6.07, 6.45) is 0. The smallest absolute Gasteiger partial charge is 0.753 e. The average Bonchev–Trinajstić information content (AvgIpc) is 1.85. The third-order valence-electron chi connectivity index (χ3n) is 0. The van der Waals surface area contributed by atoms with Crippen LogP contribution in [0, 0.1) is 0 Å². The molecule has 4 nitrogen and oxygen atoms in total. The van der Waals surface area contributed by atoms with Crippen LogP contribution in [0.1, 0.15) is 27.7 Å². The molecule has 0 amide bonds. The van der Waals surface area contributed by atoms with Crippen LogP contribution in [0.15, 0.2) is 0 Å². The third-order valence-corrected chi connectivity index (χ3v) is 0. The van der Waals surface area contributed by atoms with Crippen molar-refractivity contribution in [3.05, 3.63) is 10.8 Å². The Balaban J connectivity index is -0.0000000293. The number of Topliss-reactive ketones (excluding diaryl/α,β-unsaturated/α-hetero) is 2. The second-order valence-electron chi connectivity index (χ2n) is 2.00. The van der Waals surface area contributed by atoms with Crippen molar-refractivity contribution in [1.82, 2.24) is 0 Å². The van der Waals surface area contributed by atoms with Crippen LogP contribution in [0.5, 0.6) is 0 Å². The molecule has 0 saturated carbocycles. The van der Waals surface area contributed by atoms with Gasteiger partial charge in [0.15, 0.2) is 0 Å². The zero-order chi connectivity index (χ0) is 12.6. The number of rotatable bonds is 0. The number of carbonyl (C=O) groups is 2. The van der Waals surface area contributed by atoms with Crippen LogP contribution in [0.4, 0.5) is 0 Å². The van der Waals surface area contributed by atoms with Gasteiger partial charge in [-0.15, -0.1) is 0 Å². The first kappa shape index (κ1) is 29.3. The predicted octanol–water partition coefficient (Wildman–Crippen LogP) is 2.51. The fourth-order valence-corrected chi connectivity index (χ4v) is 0. The van der Waals surface area contributed by atoms with Gasteiger partial charge in [0.05, 0.1) is 0 Å². The molecule has 0 aromatic heterocycles. The number of isothiocyanates is 2. The summed E-state index contributed by atoms with van der Waals surface area (Å²) in [4.78, 5) is 18.9. The van der Waals surface area contributed by atoms with Gasteiger partial charge in [-0.3, -0.25) is 0 Å². The van der Waals surface area contributed by atoms with Crippen molar-refractivity contribution in [2.24, 2.45) is 0 Å². The molecule has 7 heteroatoms. The van der Waals surface area contributed by atoms with Gasteiger partial charge in [-0.2, -0.15) is 10.3 Å². The van der Waals surface area contributed by atoms with E-state index in [4.69, 9.17) is 10.8 Å².